The Morgan fingerprint density at radius 2 is 2.03 bits per heavy atom. The molecule has 1 N–H and O–H groups in total. The van der Waals surface area contributed by atoms with Gasteiger partial charge in [-0.2, -0.15) is 0 Å². The van der Waals surface area contributed by atoms with Gasteiger partial charge in [-0.15, -0.1) is 0 Å². The van der Waals surface area contributed by atoms with Crippen LogP contribution in [0.2, 0.25) is 0 Å². The molecule has 0 unspecified atom stereocenters. The van der Waals surface area contributed by atoms with E-state index in [4.69, 9.17) is 9.72 Å². The zero-order chi connectivity index (χ0) is 20.4. The number of carbonyl (C=O) groups excluding carboxylic acids is 1. The predicted molar refractivity (Wildman–Crippen MR) is 112 cm³/mol. The molecule has 0 saturated carbocycles. The Balaban J connectivity index is 1.52. The smallest absolute Gasteiger partial charge is 0.263 e. The molecule has 2 aliphatic rings. The number of amides is 1. The predicted octanol–water partition coefficient (Wildman–Crippen LogP) is 3.26. The lowest BCUT2D eigenvalue weighted by Gasteiger charge is -2.36. The van der Waals surface area contributed by atoms with Crippen molar-refractivity contribution in [3.05, 3.63) is 52.6 Å². The van der Waals surface area contributed by atoms with Crippen LogP contribution in [-0.2, 0) is 17.8 Å². The van der Waals surface area contributed by atoms with E-state index < -0.39 is 6.10 Å². The second-order valence-electron chi connectivity index (χ2n) is 8.25. The molecule has 2 aromatic rings. The summed E-state index contributed by atoms with van der Waals surface area (Å²) in [5, 5.41) is 3.35. The first kappa shape index (κ1) is 19.8. The van der Waals surface area contributed by atoms with Crippen molar-refractivity contribution in [3.8, 4) is 5.75 Å². The normalized spacial score (nSPS) is 20.1. The molecule has 0 bridgehead atoms. The third-order valence-corrected chi connectivity index (χ3v) is 5.77. The quantitative estimate of drug-likeness (QED) is 0.862. The van der Waals surface area contributed by atoms with Crippen LogP contribution < -0.4 is 10.1 Å². The van der Waals surface area contributed by atoms with Gasteiger partial charge in [0, 0.05) is 43.5 Å². The topological polar surface area (TPSA) is 67.3 Å². The zero-order valence-corrected chi connectivity index (χ0v) is 17.6. The SMILES string of the molecule is Cc1cc(C)cc(O[C@H](C)C(=O)N2CCCC[C@H]2c2ncc3c(n2)CCNC3)c1. The minimum Gasteiger partial charge on any atom is -0.481 e. The van der Waals surface area contributed by atoms with Crippen LogP contribution in [0.3, 0.4) is 0 Å². The summed E-state index contributed by atoms with van der Waals surface area (Å²) in [5.74, 6) is 1.53. The maximum absolute atomic E-state index is 13.3. The highest BCUT2D eigenvalue weighted by molar-refractivity contribution is 5.81. The van der Waals surface area contributed by atoms with Gasteiger partial charge in [0.2, 0.25) is 0 Å². The van der Waals surface area contributed by atoms with E-state index in [0.29, 0.717) is 0 Å². The summed E-state index contributed by atoms with van der Waals surface area (Å²) in [4.78, 5) is 24.7. The second kappa shape index (κ2) is 8.49. The number of likely N-dealkylation sites (tertiary alicyclic amines) is 1. The third-order valence-electron chi connectivity index (χ3n) is 5.77. The minimum absolute atomic E-state index is 0.0110. The maximum atomic E-state index is 13.3. The molecular formula is C23H30N4O2. The first-order valence-corrected chi connectivity index (χ1v) is 10.6. The summed E-state index contributed by atoms with van der Waals surface area (Å²) in [6, 6.07) is 5.99. The van der Waals surface area contributed by atoms with Gasteiger partial charge < -0.3 is 15.0 Å². The van der Waals surface area contributed by atoms with E-state index in [2.05, 4.69) is 16.4 Å². The molecule has 1 saturated heterocycles. The first-order valence-electron chi connectivity index (χ1n) is 10.6. The molecule has 3 heterocycles. The number of hydrogen-bond acceptors (Lipinski definition) is 5. The third kappa shape index (κ3) is 4.42. The number of ether oxygens (including phenoxy) is 1. The summed E-state index contributed by atoms with van der Waals surface area (Å²) >= 11 is 0. The van der Waals surface area contributed by atoms with Crippen molar-refractivity contribution in [2.24, 2.45) is 0 Å². The van der Waals surface area contributed by atoms with Crippen LogP contribution in [0.1, 0.15) is 60.4 Å². The van der Waals surface area contributed by atoms with Crippen LogP contribution >= 0.6 is 0 Å². The van der Waals surface area contributed by atoms with Crippen molar-refractivity contribution < 1.29 is 9.53 Å². The maximum Gasteiger partial charge on any atom is 0.263 e. The van der Waals surface area contributed by atoms with Gasteiger partial charge in [0.25, 0.3) is 5.91 Å². The van der Waals surface area contributed by atoms with Gasteiger partial charge in [0.1, 0.15) is 5.75 Å². The van der Waals surface area contributed by atoms with Crippen LogP contribution in [0.4, 0.5) is 0 Å². The fraction of sp³-hybridized carbons (Fsp3) is 0.522. The van der Waals surface area contributed by atoms with Crippen LogP contribution in [-0.4, -0.2) is 40.0 Å². The van der Waals surface area contributed by atoms with E-state index >= 15 is 0 Å². The van der Waals surface area contributed by atoms with Gasteiger partial charge in [-0.1, -0.05) is 6.07 Å². The summed E-state index contributed by atoms with van der Waals surface area (Å²) in [6.07, 6.45) is 5.29. The standard InChI is InChI=1S/C23H30N4O2/c1-15-10-16(2)12-19(11-15)29-17(3)23(28)27-9-5-4-6-21(27)22-25-14-18-13-24-8-7-20(18)26-22/h10-12,14,17,21,24H,4-9,13H2,1-3H3/t17-,21+/m1/s1. The number of hydrogen-bond donors (Lipinski definition) is 1. The van der Waals surface area contributed by atoms with Crippen molar-refractivity contribution in [2.45, 2.75) is 65.1 Å². The molecule has 2 atom stereocenters. The van der Waals surface area contributed by atoms with Crippen molar-refractivity contribution in [1.82, 2.24) is 20.2 Å². The largest absolute Gasteiger partial charge is 0.481 e. The Hall–Kier alpha value is -2.47. The second-order valence-corrected chi connectivity index (χ2v) is 8.25. The monoisotopic (exact) mass is 394 g/mol. The van der Waals surface area contributed by atoms with E-state index in [1.165, 1.54) is 5.56 Å². The number of piperidine rings is 1. The molecule has 6 heteroatoms. The highest BCUT2D eigenvalue weighted by Gasteiger charge is 2.33. The van der Waals surface area contributed by atoms with Crippen molar-refractivity contribution >= 4 is 5.91 Å². The van der Waals surface area contributed by atoms with Gasteiger partial charge in [-0.3, -0.25) is 4.79 Å². The summed E-state index contributed by atoms with van der Waals surface area (Å²) in [7, 11) is 0. The molecule has 1 aromatic carbocycles. The molecule has 29 heavy (non-hydrogen) atoms. The molecular weight excluding hydrogens is 364 g/mol. The van der Waals surface area contributed by atoms with Gasteiger partial charge >= 0.3 is 0 Å². The molecule has 0 spiro atoms. The zero-order valence-electron chi connectivity index (χ0n) is 17.6. The number of benzene rings is 1. The molecule has 0 aliphatic carbocycles. The Morgan fingerprint density at radius 1 is 1.24 bits per heavy atom. The lowest BCUT2D eigenvalue weighted by molar-refractivity contribution is -0.142. The Kier molecular flexibility index (Phi) is 5.81. The van der Waals surface area contributed by atoms with E-state index in [-0.39, 0.29) is 11.9 Å². The lowest BCUT2D eigenvalue weighted by Crippen LogP contribution is -2.45. The van der Waals surface area contributed by atoms with Crippen LogP contribution in [0.25, 0.3) is 0 Å². The van der Waals surface area contributed by atoms with Crippen molar-refractivity contribution in [1.29, 1.82) is 0 Å². The number of nitrogens with zero attached hydrogens (tertiary/aromatic N) is 3. The summed E-state index contributed by atoms with van der Waals surface area (Å²) in [5.41, 5.74) is 4.55. The van der Waals surface area contributed by atoms with Crippen LogP contribution in [0, 0.1) is 13.8 Å². The Morgan fingerprint density at radius 3 is 2.83 bits per heavy atom. The average molecular weight is 395 g/mol. The lowest BCUT2D eigenvalue weighted by atomic mass is 10.00. The van der Waals surface area contributed by atoms with Gasteiger partial charge in [-0.05, 0) is 63.3 Å². The molecule has 4 rings (SSSR count). The Labute approximate surface area is 172 Å². The molecule has 2 aliphatic heterocycles. The van der Waals surface area contributed by atoms with E-state index in [0.717, 1.165) is 73.7 Å². The molecule has 0 radical (unpaired) electrons. The first-order chi connectivity index (χ1) is 14.0. The van der Waals surface area contributed by atoms with E-state index in [9.17, 15) is 4.79 Å². The number of nitrogens with one attached hydrogen (secondary N) is 1. The fourth-order valence-corrected chi connectivity index (χ4v) is 4.36. The number of rotatable bonds is 4. The van der Waals surface area contributed by atoms with Crippen molar-refractivity contribution in [3.63, 3.8) is 0 Å². The van der Waals surface area contributed by atoms with E-state index in [1.54, 1.807) is 0 Å². The fourth-order valence-electron chi connectivity index (χ4n) is 4.36. The van der Waals surface area contributed by atoms with Crippen LogP contribution in [0.15, 0.2) is 24.4 Å². The van der Waals surface area contributed by atoms with Gasteiger partial charge in [0.15, 0.2) is 11.9 Å². The van der Waals surface area contributed by atoms with Gasteiger partial charge in [-0.25, -0.2) is 9.97 Å². The highest BCUT2D eigenvalue weighted by Crippen LogP contribution is 2.30. The highest BCUT2D eigenvalue weighted by atomic mass is 16.5. The van der Waals surface area contributed by atoms with Crippen molar-refractivity contribution in [2.75, 3.05) is 13.1 Å². The van der Waals surface area contributed by atoms with E-state index in [1.807, 2.05) is 44.0 Å². The molecule has 1 amide bonds. The summed E-state index contributed by atoms with van der Waals surface area (Å²) in [6.45, 7) is 8.41. The Bertz CT molecular complexity index is 878. The molecule has 6 nitrogen and oxygen atoms in total. The number of carbonyl (C=O) groups is 1. The average Bonchev–Trinajstić information content (AvgIpc) is 2.72. The molecule has 154 valence electrons. The molecule has 1 aromatic heterocycles. The summed E-state index contributed by atoms with van der Waals surface area (Å²) < 4.78 is 6.03. The number of fused-ring (bicyclic) bond motifs is 1. The minimum atomic E-state index is -0.543. The van der Waals surface area contributed by atoms with Crippen LogP contribution in [0.5, 0.6) is 5.75 Å². The van der Waals surface area contributed by atoms with Gasteiger partial charge in [0.05, 0.1) is 6.04 Å². The number of aromatic nitrogens is 2. The molecule has 1 fully saturated rings. The number of aryl methyl sites for hydroxylation is 2.